The van der Waals surface area contributed by atoms with E-state index in [1.54, 1.807) is 31.5 Å². The number of aromatic nitrogens is 2. The molecule has 0 saturated carbocycles. The number of methoxy groups -OCH3 is 1. The van der Waals surface area contributed by atoms with Crippen LogP contribution in [0.5, 0.6) is 5.75 Å². The highest BCUT2D eigenvalue weighted by atomic mass is 35.5. The predicted molar refractivity (Wildman–Crippen MR) is 86.2 cm³/mol. The Balaban J connectivity index is 1.77. The standard InChI is InChI=1S/C15H19ClN4O2/c1-20-8-7-18-14(20)10-19-15(21)5-6-17-12-9-11(16)3-4-13(12)22-2/h3-4,7-9,17H,5-6,10H2,1-2H3,(H,19,21). The van der Waals surface area contributed by atoms with E-state index in [4.69, 9.17) is 16.3 Å². The molecule has 0 aliphatic carbocycles. The third kappa shape index (κ3) is 4.39. The molecule has 0 aliphatic heterocycles. The minimum atomic E-state index is -0.0449. The topological polar surface area (TPSA) is 68.2 Å². The van der Waals surface area contributed by atoms with Crippen molar-refractivity contribution in [3.8, 4) is 5.75 Å². The van der Waals surface area contributed by atoms with Crippen LogP contribution in [-0.4, -0.2) is 29.1 Å². The number of anilines is 1. The van der Waals surface area contributed by atoms with Crippen molar-refractivity contribution in [2.24, 2.45) is 7.05 Å². The van der Waals surface area contributed by atoms with Crippen molar-refractivity contribution in [3.63, 3.8) is 0 Å². The van der Waals surface area contributed by atoms with E-state index in [9.17, 15) is 4.79 Å². The van der Waals surface area contributed by atoms with Gasteiger partial charge in [0.25, 0.3) is 0 Å². The third-order valence-electron chi connectivity index (χ3n) is 3.19. The molecule has 22 heavy (non-hydrogen) atoms. The number of hydrogen-bond acceptors (Lipinski definition) is 4. The van der Waals surface area contributed by atoms with E-state index in [1.807, 2.05) is 17.8 Å². The molecule has 1 heterocycles. The number of hydrogen-bond donors (Lipinski definition) is 2. The zero-order chi connectivity index (χ0) is 15.9. The molecule has 0 radical (unpaired) electrons. The molecule has 2 N–H and O–H groups in total. The molecule has 0 atom stereocenters. The number of carbonyl (C=O) groups excluding carboxylic acids is 1. The molecule has 0 saturated heterocycles. The number of amides is 1. The highest BCUT2D eigenvalue weighted by molar-refractivity contribution is 6.30. The number of carbonyl (C=O) groups is 1. The molecule has 0 spiro atoms. The summed E-state index contributed by atoms with van der Waals surface area (Å²) >= 11 is 5.95. The number of benzene rings is 1. The average Bonchev–Trinajstić information content (AvgIpc) is 2.91. The molecule has 118 valence electrons. The van der Waals surface area contributed by atoms with E-state index < -0.39 is 0 Å². The lowest BCUT2D eigenvalue weighted by Gasteiger charge is -2.11. The zero-order valence-corrected chi connectivity index (χ0v) is 13.4. The van der Waals surface area contributed by atoms with E-state index in [0.717, 1.165) is 11.5 Å². The SMILES string of the molecule is COc1ccc(Cl)cc1NCCC(=O)NCc1nccn1C. The highest BCUT2D eigenvalue weighted by Gasteiger charge is 2.06. The van der Waals surface area contributed by atoms with Gasteiger partial charge in [-0.05, 0) is 18.2 Å². The van der Waals surface area contributed by atoms with Crippen molar-refractivity contribution < 1.29 is 9.53 Å². The number of aryl methyl sites for hydroxylation is 1. The van der Waals surface area contributed by atoms with Crippen molar-refractivity contribution in [3.05, 3.63) is 41.4 Å². The molecule has 1 aromatic carbocycles. The molecule has 6 nitrogen and oxygen atoms in total. The predicted octanol–water partition coefficient (Wildman–Crippen LogP) is 2.20. The van der Waals surface area contributed by atoms with Crippen molar-refractivity contribution in [2.45, 2.75) is 13.0 Å². The van der Waals surface area contributed by atoms with Gasteiger partial charge in [-0.15, -0.1) is 0 Å². The molecule has 0 unspecified atom stereocenters. The molecule has 2 aromatic rings. The van der Waals surface area contributed by atoms with Crippen LogP contribution in [0.4, 0.5) is 5.69 Å². The van der Waals surface area contributed by atoms with E-state index in [-0.39, 0.29) is 5.91 Å². The van der Waals surface area contributed by atoms with Crippen LogP contribution in [0, 0.1) is 0 Å². The number of ether oxygens (including phenoxy) is 1. The number of rotatable bonds is 7. The summed E-state index contributed by atoms with van der Waals surface area (Å²) in [7, 11) is 3.48. The van der Waals surface area contributed by atoms with Crippen molar-refractivity contribution in [2.75, 3.05) is 19.0 Å². The smallest absolute Gasteiger partial charge is 0.222 e. The molecule has 0 fully saturated rings. The number of nitrogens with one attached hydrogen (secondary N) is 2. The molecule has 0 aliphatic rings. The maximum absolute atomic E-state index is 11.8. The lowest BCUT2D eigenvalue weighted by molar-refractivity contribution is -0.121. The first-order valence-electron chi connectivity index (χ1n) is 6.90. The Morgan fingerprint density at radius 3 is 2.95 bits per heavy atom. The molecule has 1 amide bonds. The summed E-state index contributed by atoms with van der Waals surface area (Å²) in [6.07, 6.45) is 3.89. The Kier molecular flexibility index (Phi) is 5.66. The summed E-state index contributed by atoms with van der Waals surface area (Å²) in [5.74, 6) is 1.46. The van der Waals surface area contributed by atoms with E-state index in [1.165, 1.54) is 0 Å². The van der Waals surface area contributed by atoms with Crippen LogP contribution in [-0.2, 0) is 18.4 Å². The van der Waals surface area contributed by atoms with Crippen LogP contribution in [0.3, 0.4) is 0 Å². The van der Waals surface area contributed by atoms with Gasteiger partial charge >= 0.3 is 0 Å². The summed E-state index contributed by atoms with van der Waals surface area (Å²) in [6, 6.07) is 5.31. The summed E-state index contributed by atoms with van der Waals surface area (Å²) in [5, 5.41) is 6.60. The fourth-order valence-electron chi connectivity index (χ4n) is 1.96. The van der Waals surface area contributed by atoms with Crippen LogP contribution in [0.15, 0.2) is 30.6 Å². The molecular formula is C15H19ClN4O2. The normalized spacial score (nSPS) is 10.3. The zero-order valence-electron chi connectivity index (χ0n) is 12.6. The second-order valence-electron chi connectivity index (χ2n) is 4.75. The first-order valence-corrected chi connectivity index (χ1v) is 7.28. The summed E-state index contributed by atoms with van der Waals surface area (Å²) in [4.78, 5) is 16.0. The van der Waals surface area contributed by atoms with Gasteiger partial charge in [-0.25, -0.2) is 4.98 Å². The lowest BCUT2D eigenvalue weighted by atomic mass is 10.2. The number of halogens is 1. The lowest BCUT2D eigenvalue weighted by Crippen LogP contribution is -2.26. The van der Waals surface area contributed by atoms with Gasteiger partial charge in [0.2, 0.25) is 5.91 Å². The molecule has 7 heteroatoms. The van der Waals surface area contributed by atoms with Gasteiger partial charge in [0.05, 0.1) is 19.3 Å². The van der Waals surface area contributed by atoms with Gasteiger partial charge in [0.15, 0.2) is 0 Å². The van der Waals surface area contributed by atoms with Gasteiger partial charge in [-0.2, -0.15) is 0 Å². The van der Waals surface area contributed by atoms with Crippen LogP contribution >= 0.6 is 11.6 Å². The maximum Gasteiger partial charge on any atom is 0.222 e. The van der Waals surface area contributed by atoms with Gasteiger partial charge < -0.3 is 19.9 Å². The second-order valence-corrected chi connectivity index (χ2v) is 5.19. The minimum Gasteiger partial charge on any atom is -0.495 e. The van der Waals surface area contributed by atoms with Crippen molar-refractivity contribution >= 4 is 23.2 Å². The first-order chi connectivity index (χ1) is 10.6. The van der Waals surface area contributed by atoms with Crippen LogP contribution in [0.25, 0.3) is 0 Å². The van der Waals surface area contributed by atoms with Gasteiger partial charge in [-0.1, -0.05) is 11.6 Å². The van der Waals surface area contributed by atoms with E-state index >= 15 is 0 Å². The van der Waals surface area contributed by atoms with Gasteiger partial charge in [-0.3, -0.25) is 4.79 Å². The quantitative estimate of drug-likeness (QED) is 0.820. The monoisotopic (exact) mass is 322 g/mol. The third-order valence-corrected chi connectivity index (χ3v) is 3.43. The fraction of sp³-hybridized carbons (Fsp3) is 0.333. The number of nitrogens with zero attached hydrogens (tertiary/aromatic N) is 2. The van der Waals surface area contributed by atoms with Crippen LogP contribution in [0.1, 0.15) is 12.2 Å². The summed E-state index contributed by atoms with van der Waals surface area (Å²) in [5.41, 5.74) is 0.770. The van der Waals surface area contributed by atoms with Crippen molar-refractivity contribution in [1.29, 1.82) is 0 Å². The first kappa shape index (κ1) is 16.2. The Morgan fingerprint density at radius 1 is 1.45 bits per heavy atom. The van der Waals surface area contributed by atoms with Gasteiger partial charge in [0.1, 0.15) is 11.6 Å². The Hall–Kier alpha value is -2.21. The molecule has 2 rings (SSSR count). The largest absolute Gasteiger partial charge is 0.495 e. The van der Waals surface area contributed by atoms with Crippen LogP contribution < -0.4 is 15.4 Å². The summed E-state index contributed by atoms with van der Waals surface area (Å²) < 4.78 is 7.11. The molecule has 1 aromatic heterocycles. The van der Waals surface area contributed by atoms with E-state index in [0.29, 0.717) is 30.3 Å². The highest BCUT2D eigenvalue weighted by Crippen LogP contribution is 2.27. The number of imidazole rings is 1. The average molecular weight is 323 g/mol. The Bertz CT molecular complexity index is 642. The van der Waals surface area contributed by atoms with Gasteiger partial charge in [0, 0.05) is 37.4 Å². The van der Waals surface area contributed by atoms with Crippen molar-refractivity contribution in [1.82, 2.24) is 14.9 Å². The minimum absolute atomic E-state index is 0.0449. The van der Waals surface area contributed by atoms with Crippen LogP contribution in [0.2, 0.25) is 5.02 Å². The fourth-order valence-corrected chi connectivity index (χ4v) is 2.13. The Morgan fingerprint density at radius 2 is 2.27 bits per heavy atom. The van der Waals surface area contributed by atoms with E-state index in [2.05, 4.69) is 15.6 Å². The second kappa shape index (κ2) is 7.70. The molecular weight excluding hydrogens is 304 g/mol. The Labute approximate surface area is 134 Å². The summed E-state index contributed by atoms with van der Waals surface area (Å²) in [6.45, 7) is 0.909. The molecule has 0 bridgehead atoms. The maximum atomic E-state index is 11.8.